The summed E-state index contributed by atoms with van der Waals surface area (Å²) < 4.78 is 13.0. The summed E-state index contributed by atoms with van der Waals surface area (Å²) in [6.45, 7) is 5.99. The van der Waals surface area contributed by atoms with Crippen molar-refractivity contribution in [1.29, 1.82) is 0 Å². The zero-order chi connectivity index (χ0) is 27.2. The molecule has 0 aliphatic rings. The lowest BCUT2D eigenvalue weighted by Crippen LogP contribution is -2.47. The van der Waals surface area contributed by atoms with Gasteiger partial charge in [0.2, 0.25) is 0 Å². The van der Waals surface area contributed by atoms with Crippen molar-refractivity contribution in [3.63, 3.8) is 0 Å². The third kappa shape index (κ3) is 6.41. The van der Waals surface area contributed by atoms with Crippen molar-refractivity contribution in [3.05, 3.63) is 150 Å². The molecule has 3 nitrogen and oxygen atoms in total. The van der Waals surface area contributed by atoms with Crippen LogP contribution in [0.5, 0.6) is 17.2 Å². The van der Waals surface area contributed by atoms with Crippen LogP contribution in [-0.2, 0) is 0 Å². The van der Waals surface area contributed by atoms with E-state index >= 15 is 0 Å². The largest absolute Gasteiger partial charge is 0.537 e. The van der Waals surface area contributed by atoms with Crippen LogP contribution in [0.15, 0.2) is 133 Å². The van der Waals surface area contributed by atoms with Crippen molar-refractivity contribution in [2.75, 3.05) is 0 Å². The van der Waals surface area contributed by atoms with E-state index in [4.69, 9.17) is 9.16 Å². The molecule has 0 spiro atoms. The Bertz CT molecular complexity index is 1460. The molecule has 5 aromatic carbocycles. The lowest BCUT2D eigenvalue weighted by molar-refractivity contribution is 0.130. The predicted octanol–water partition coefficient (Wildman–Crippen LogP) is 6.67. The topological polar surface area (TPSA) is 38.7 Å². The fourth-order valence-corrected chi connectivity index (χ4v) is 7.16. The first-order chi connectivity index (χ1) is 18.9. The molecule has 0 amide bonds. The molecule has 5 aromatic rings. The normalized spacial score (nSPS) is 12.2. The van der Waals surface area contributed by atoms with Gasteiger partial charge >= 0.3 is 0 Å². The van der Waals surface area contributed by atoms with Crippen LogP contribution < -0.4 is 19.5 Å². The Kier molecular flexibility index (Phi) is 7.85. The smallest absolute Gasteiger partial charge is 0.299 e. The van der Waals surface area contributed by atoms with Crippen LogP contribution >= 0.6 is 0 Å². The molecule has 0 saturated heterocycles. The maximum atomic E-state index is 11.3. The molecular weight excluding hydrogens is 496 g/mol. The van der Waals surface area contributed by atoms with Crippen LogP contribution in [0.25, 0.3) is 0 Å². The number of hydrogen-bond acceptors (Lipinski definition) is 3. The van der Waals surface area contributed by atoms with Gasteiger partial charge in [-0.25, -0.2) is 0 Å². The molecule has 0 saturated carbocycles. The monoisotopic (exact) mass is 530 g/mol. The van der Waals surface area contributed by atoms with Crippen LogP contribution in [0.4, 0.5) is 0 Å². The van der Waals surface area contributed by atoms with Crippen molar-refractivity contribution in [1.82, 2.24) is 0 Å². The molecule has 39 heavy (non-hydrogen) atoms. The number of ether oxygens (including phenoxy) is 1. The van der Waals surface area contributed by atoms with E-state index in [-0.39, 0.29) is 17.3 Å². The Morgan fingerprint density at radius 2 is 1.15 bits per heavy atom. The maximum Gasteiger partial charge on any atom is 0.299 e. The maximum absolute atomic E-state index is 11.3. The summed E-state index contributed by atoms with van der Waals surface area (Å²) in [5.41, 5.74) is 2.52. The van der Waals surface area contributed by atoms with Crippen LogP contribution in [-0.4, -0.2) is 19.7 Å². The van der Waals surface area contributed by atoms with Gasteiger partial charge in [0.15, 0.2) is 0 Å². The molecule has 0 bridgehead atoms. The first-order valence-corrected chi connectivity index (χ1v) is 14.9. The molecule has 1 atom stereocenters. The minimum atomic E-state index is -2.06. The van der Waals surface area contributed by atoms with E-state index in [1.807, 2.05) is 81.4 Å². The quantitative estimate of drug-likeness (QED) is 0.180. The lowest BCUT2D eigenvalue weighted by Gasteiger charge is -2.26. The lowest BCUT2D eigenvalue weighted by atomic mass is 9.84. The van der Waals surface area contributed by atoms with Gasteiger partial charge in [-0.3, -0.25) is 0 Å². The fourth-order valence-electron chi connectivity index (χ4n) is 4.89. The molecular formula is C35H34O3Si. The van der Waals surface area contributed by atoms with Crippen molar-refractivity contribution in [3.8, 4) is 17.2 Å². The highest BCUT2D eigenvalue weighted by Gasteiger charge is 2.27. The van der Waals surface area contributed by atoms with Gasteiger partial charge in [0, 0.05) is 23.1 Å². The summed E-state index contributed by atoms with van der Waals surface area (Å²) in [5, 5.41) is 13.7. The number of para-hydroxylation sites is 1. The minimum Gasteiger partial charge on any atom is -0.537 e. The number of phenols is 1. The van der Waals surface area contributed by atoms with E-state index in [0.717, 1.165) is 22.4 Å². The molecule has 4 heteroatoms. The number of hydrogen-bond donors (Lipinski definition) is 1. The van der Waals surface area contributed by atoms with Gasteiger partial charge in [-0.15, -0.1) is 0 Å². The van der Waals surface area contributed by atoms with Crippen LogP contribution in [0.3, 0.4) is 0 Å². The molecule has 0 radical (unpaired) electrons. The number of phenolic OH excluding ortho intramolecular Hbond substituents is 1. The summed E-state index contributed by atoms with van der Waals surface area (Å²) in [6, 6.07) is 45.1. The average molecular weight is 531 g/mol. The van der Waals surface area contributed by atoms with E-state index in [0.29, 0.717) is 5.75 Å². The van der Waals surface area contributed by atoms with Crippen LogP contribution in [0, 0.1) is 0 Å². The fraction of sp³-hybridized carbons (Fsp3) is 0.143. The third-order valence-electron chi connectivity index (χ3n) is 6.55. The second kappa shape index (κ2) is 11.6. The van der Waals surface area contributed by atoms with Crippen molar-refractivity contribution in [2.24, 2.45) is 0 Å². The van der Waals surface area contributed by atoms with Gasteiger partial charge < -0.3 is 14.3 Å². The second-order valence-electron chi connectivity index (χ2n) is 10.6. The molecule has 1 unspecified atom stereocenters. The second-order valence-corrected chi connectivity index (χ2v) is 13.0. The molecule has 0 aromatic heterocycles. The zero-order valence-electron chi connectivity index (χ0n) is 22.6. The molecule has 0 heterocycles. The summed E-state index contributed by atoms with van der Waals surface area (Å²) in [4.78, 5) is 0. The van der Waals surface area contributed by atoms with Gasteiger partial charge in [-0.2, -0.15) is 0 Å². The Morgan fingerprint density at radius 1 is 0.615 bits per heavy atom. The summed E-state index contributed by atoms with van der Waals surface area (Å²) >= 11 is 0. The highest BCUT2D eigenvalue weighted by atomic mass is 28.3. The standard InChI is InChI=1S/C35H34O3Si/c1-35(2,3)37-27-23-24-30(32(36)25-27)34(26-15-7-4-8-16-26)31-21-13-14-22-33(31)38-39(28-17-9-5-10-18-28)29-19-11-6-12-20-29/h4-25,34,36,39H,1-3H3. The molecule has 1 N–H and O–H groups in total. The number of rotatable bonds is 8. The zero-order valence-corrected chi connectivity index (χ0v) is 23.8. The third-order valence-corrected chi connectivity index (χ3v) is 9.02. The minimum absolute atomic E-state index is 0.195. The molecule has 196 valence electrons. The van der Waals surface area contributed by atoms with E-state index in [1.165, 1.54) is 10.4 Å². The highest BCUT2D eigenvalue weighted by molar-refractivity contribution is 6.80. The highest BCUT2D eigenvalue weighted by Crippen LogP contribution is 2.42. The Labute approximate surface area is 233 Å². The summed E-state index contributed by atoms with van der Waals surface area (Å²) in [6.07, 6.45) is 0. The Morgan fingerprint density at radius 3 is 1.72 bits per heavy atom. The first kappa shape index (κ1) is 26.3. The predicted molar refractivity (Wildman–Crippen MR) is 162 cm³/mol. The molecule has 5 rings (SSSR count). The van der Waals surface area contributed by atoms with E-state index in [2.05, 4.69) is 66.7 Å². The molecule has 0 fully saturated rings. The van der Waals surface area contributed by atoms with E-state index in [1.54, 1.807) is 6.07 Å². The van der Waals surface area contributed by atoms with Gasteiger partial charge in [-0.1, -0.05) is 115 Å². The van der Waals surface area contributed by atoms with Crippen molar-refractivity contribution < 1.29 is 14.3 Å². The van der Waals surface area contributed by atoms with E-state index < -0.39 is 9.04 Å². The van der Waals surface area contributed by atoms with Gasteiger partial charge in [-0.05, 0) is 48.8 Å². The number of aromatic hydroxyl groups is 1. The van der Waals surface area contributed by atoms with Gasteiger partial charge in [0.05, 0.1) is 0 Å². The number of benzene rings is 5. The van der Waals surface area contributed by atoms with Crippen molar-refractivity contribution >= 4 is 19.4 Å². The summed E-state index contributed by atoms with van der Waals surface area (Å²) in [5.74, 6) is 1.43. The Balaban J connectivity index is 1.61. The van der Waals surface area contributed by atoms with E-state index in [9.17, 15) is 5.11 Å². The van der Waals surface area contributed by atoms with Crippen LogP contribution in [0.2, 0.25) is 0 Å². The molecule has 0 aliphatic carbocycles. The first-order valence-electron chi connectivity index (χ1n) is 13.3. The van der Waals surface area contributed by atoms with Crippen molar-refractivity contribution in [2.45, 2.75) is 32.3 Å². The molecule has 0 aliphatic heterocycles. The van der Waals surface area contributed by atoms with Gasteiger partial charge in [0.25, 0.3) is 9.04 Å². The van der Waals surface area contributed by atoms with Crippen LogP contribution in [0.1, 0.15) is 43.4 Å². The SMILES string of the molecule is CC(C)(C)Oc1ccc(C(c2ccccc2)c2ccccc2O[SiH](c2ccccc2)c2ccccc2)c(O)c1. The van der Waals surface area contributed by atoms with Gasteiger partial charge in [0.1, 0.15) is 22.8 Å². The Hall–Kier alpha value is -4.28. The average Bonchev–Trinajstić information content (AvgIpc) is 2.94. The summed E-state index contributed by atoms with van der Waals surface area (Å²) in [7, 11) is -2.06.